The predicted molar refractivity (Wildman–Crippen MR) is 102 cm³/mol. The number of hydrogen-bond donors (Lipinski definition) is 0. The largest absolute Gasteiger partial charge is 0.449 e. The average Bonchev–Trinajstić information content (AvgIpc) is 2.88. The van der Waals surface area contributed by atoms with Gasteiger partial charge in [0.2, 0.25) is 0 Å². The number of esters is 1. The first-order chi connectivity index (χ1) is 12.1. The van der Waals surface area contributed by atoms with Crippen molar-refractivity contribution in [2.75, 3.05) is 26.4 Å². The molecule has 148 valence electrons. The monoisotopic (exact) mass is 376 g/mol. The molecule has 25 heavy (non-hydrogen) atoms. The van der Waals surface area contributed by atoms with Gasteiger partial charge in [0, 0.05) is 26.7 Å². The Labute approximate surface area is 157 Å². The van der Waals surface area contributed by atoms with Crippen LogP contribution in [-0.4, -0.2) is 55.3 Å². The van der Waals surface area contributed by atoms with E-state index >= 15 is 0 Å². The number of rotatable bonds is 14. The lowest BCUT2D eigenvalue weighted by Crippen LogP contribution is -2.40. The lowest BCUT2D eigenvalue weighted by atomic mass is 10.1. The van der Waals surface area contributed by atoms with Gasteiger partial charge in [0.25, 0.3) is 0 Å². The third kappa shape index (κ3) is 8.76. The van der Waals surface area contributed by atoms with Gasteiger partial charge >= 0.3 is 5.97 Å². The zero-order valence-electron chi connectivity index (χ0n) is 16.3. The van der Waals surface area contributed by atoms with Gasteiger partial charge in [-0.1, -0.05) is 40.0 Å². The zero-order valence-corrected chi connectivity index (χ0v) is 17.1. The molecule has 1 aliphatic heterocycles. The summed E-state index contributed by atoms with van der Waals surface area (Å²) in [5, 5.41) is 0.129. The van der Waals surface area contributed by atoms with Crippen LogP contribution < -0.4 is 0 Å². The number of thioether (sulfide) groups is 1. The topological polar surface area (TPSA) is 54.0 Å². The minimum atomic E-state index is -0.319. The number of ether oxygens (including phenoxy) is 4. The fourth-order valence-corrected chi connectivity index (χ4v) is 4.12. The van der Waals surface area contributed by atoms with Crippen molar-refractivity contribution in [3.8, 4) is 0 Å². The molecule has 0 aromatic heterocycles. The van der Waals surface area contributed by atoms with E-state index in [2.05, 4.69) is 20.8 Å². The Morgan fingerprint density at radius 3 is 2.00 bits per heavy atom. The van der Waals surface area contributed by atoms with Crippen molar-refractivity contribution in [3.63, 3.8) is 0 Å². The molecule has 0 amide bonds. The van der Waals surface area contributed by atoms with Crippen molar-refractivity contribution in [2.24, 2.45) is 0 Å². The molecular weight excluding hydrogens is 340 g/mol. The van der Waals surface area contributed by atoms with Crippen LogP contribution in [0, 0.1) is 0 Å². The first-order valence-electron chi connectivity index (χ1n) is 9.77. The second kappa shape index (κ2) is 13.8. The highest BCUT2D eigenvalue weighted by Crippen LogP contribution is 2.39. The molecule has 0 spiro atoms. The molecule has 1 heterocycles. The van der Waals surface area contributed by atoms with E-state index in [0.717, 1.165) is 45.1 Å². The SMILES string of the molecule is CCCCOC[C@H]1SC(OC(C)=O)[C@@H](OCCCC)[C@@H]1OCCCC. The van der Waals surface area contributed by atoms with Crippen LogP contribution >= 0.6 is 11.8 Å². The smallest absolute Gasteiger partial charge is 0.303 e. The van der Waals surface area contributed by atoms with Gasteiger partial charge in [0.15, 0.2) is 5.44 Å². The maximum absolute atomic E-state index is 11.5. The van der Waals surface area contributed by atoms with Gasteiger partial charge in [-0.25, -0.2) is 0 Å². The quantitative estimate of drug-likeness (QED) is 0.335. The van der Waals surface area contributed by atoms with E-state index < -0.39 is 0 Å². The van der Waals surface area contributed by atoms with E-state index in [1.807, 2.05) is 0 Å². The summed E-state index contributed by atoms with van der Waals surface area (Å²) in [4.78, 5) is 11.5. The maximum atomic E-state index is 11.5. The van der Waals surface area contributed by atoms with Gasteiger partial charge in [-0.05, 0) is 19.3 Å². The van der Waals surface area contributed by atoms with Gasteiger partial charge in [-0.2, -0.15) is 0 Å². The predicted octanol–water partition coefficient (Wildman–Crippen LogP) is 4.18. The fraction of sp³-hybridized carbons (Fsp3) is 0.947. The molecule has 0 N–H and O–H groups in total. The Kier molecular flexibility index (Phi) is 12.6. The fourth-order valence-electron chi connectivity index (χ4n) is 2.64. The van der Waals surface area contributed by atoms with Gasteiger partial charge < -0.3 is 18.9 Å². The van der Waals surface area contributed by atoms with Gasteiger partial charge in [-0.15, -0.1) is 11.8 Å². The van der Waals surface area contributed by atoms with Crippen molar-refractivity contribution in [3.05, 3.63) is 0 Å². The van der Waals surface area contributed by atoms with E-state index in [9.17, 15) is 4.79 Å². The minimum Gasteiger partial charge on any atom is -0.449 e. The van der Waals surface area contributed by atoms with Crippen LogP contribution in [0.25, 0.3) is 0 Å². The number of carbonyl (C=O) groups is 1. The zero-order chi connectivity index (χ0) is 18.5. The Balaban J connectivity index is 2.71. The van der Waals surface area contributed by atoms with Crippen molar-refractivity contribution in [2.45, 2.75) is 89.1 Å². The van der Waals surface area contributed by atoms with E-state index in [-0.39, 0.29) is 28.9 Å². The van der Waals surface area contributed by atoms with Gasteiger partial charge in [-0.3, -0.25) is 4.79 Å². The first-order valence-corrected chi connectivity index (χ1v) is 10.7. The van der Waals surface area contributed by atoms with Crippen LogP contribution in [0.1, 0.15) is 66.2 Å². The minimum absolute atomic E-state index is 0.0978. The van der Waals surface area contributed by atoms with E-state index in [1.165, 1.54) is 6.92 Å². The first kappa shape index (κ1) is 22.7. The highest BCUT2D eigenvalue weighted by molar-refractivity contribution is 8.00. The lowest BCUT2D eigenvalue weighted by Gasteiger charge is -2.26. The van der Waals surface area contributed by atoms with Crippen LogP contribution in [0.3, 0.4) is 0 Å². The molecule has 0 bridgehead atoms. The molecule has 1 aliphatic rings. The molecule has 0 radical (unpaired) electrons. The van der Waals surface area contributed by atoms with Crippen LogP contribution in [0.15, 0.2) is 0 Å². The summed E-state index contributed by atoms with van der Waals surface area (Å²) >= 11 is 1.61. The van der Waals surface area contributed by atoms with E-state index in [1.54, 1.807) is 11.8 Å². The molecular formula is C19H36O5S. The Hall–Kier alpha value is -0.300. The second-order valence-electron chi connectivity index (χ2n) is 6.46. The highest BCUT2D eigenvalue weighted by Gasteiger charge is 2.47. The summed E-state index contributed by atoms with van der Waals surface area (Å²) < 4.78 is 23.6. The standard InChI is InChI=1S/C19H36O5S/c1-5-8-11-21-14-16-17(22-12-9-6-2)18(23-13-10-7-3)19(25-16)24-15(4)20/h16-19H,5-14H2,1-4H3/t16-,17-,18+,19?/m1/s1. The van der Waals surface area contributed by atoms with Crippen LogP contribution in [-0.2, 0) is 23.7 Å². The molecule has 1 saturated heterocycles. The van der Waals surface area contributed by atoms with Gasteiger partial charge in [0.05, 0.1) is 11.9 Å². The van der Waals surface area contributed by atoms with Crippen molar-refractivity contribution >= 4 is 17.7 Å². The summed E-state index contributed by atoms with van der Waals surface area (Å²) in [5.74, 6) is -0.276. The molecule has 1 fully saturated rings. The van der Waals surface area contributed by atoms with Crippen molar-refractivity contribution in [1.29, 1.82) is 0 Å². The summed E-state index contributed by atoms with van der Waals surface area (Å²) in [6.45, 7) is 10.6. The Bertz CT molecular complexity index is 353. The Morgan fingerprint density at radius 1 is 0.880 bits per heavy atom. The molecule has 0 aromatic carbocycles. The third-order valence-electron chi connectivity index (χ3n) is 4.09. The summed E-state index contributed by atoms with van der Waals surface area (Å²) in [5.41, 5.74) is -0.319. The second-order valence-corrected chi connectivity index (χ2v) is 7.80. The molecule has 6 heteroatoms. The average molecular weight is 377 g/mol. The van der Waals surface area contributed by atoms with Crippen LogP contribution in [0.4, 0.5) is 0 Å². The summed E-state index contributed by atoms with van der Waals surface area (Å²) in [7, 11) is 0. The van der Waals surface area contributed by atoms with Crippen molar-refractivity contribution < 1.29 is 23.7 Å². The van der Waals surface area contributed by atoms with Crippen molar-refractivity contribution in [1.82, 2.24) is 0 Å². The summed E-state index contributed by atoms with van der Waals surface area (Å²) in [6, 6.07) is 0. The molecule has 0 aliphatic carbocycles. The maximum Gasteiger partial charge on any atom is 0.303 e. The number of hydrogen-bond acceptors (Lipinski definition) is 6. The molecule has 0 saturated carbocycles. The number of unbranched alkanes of at least 4 members (excludes halogenated alkanes) is 3. The summed E-state index contributed by atoms with van der Waals surface area (Å²) in [6.07, 6.45) is 6.03. The highest BCUT2D eigenvalue weighted by atomic mass is 32.2. The lowest BCUT2D eigenvalue weighted by molar-refractivity contribution is -0.153. The Morgan fingerprint density at radius 2 is 1.44 bits per heavy atom. The third-order valence-corrected chi connectivity index (χ3v) is 5.48. The normalized spacial score (nSPS) is 26.1. The molecule has 5 nitrogen and oxygen atoms in total. The van der Waals surface area contributed by atoms with Gasteiger partial charge in [0.1, 0.15) is 12.2 Å². The van der Waals surface area contributed by atoms with Crippen LogP contribution in [0.2, 0.25) is 0 Å². The van der Waals surface area contributed by atoms with E-state index in [0.29, 0.717) is 19.8 Å². The molecule has 4 atom stereocenters. The van der Waals surface area contributed by atoms with Crippen LogP contribution in [0.5, 0.6) is 0 Å². The molecule has 1 rings (SSSR count). The number of carbonyl (C=O) groups excluding carboxylic acids is 1. The molecule has 0 aromatic rings. The van der Waals surface area contributed by atoms with E-state index in [4.69, 9.17) is 18.9 Å². The molecule has 1 unspecified atom stereocenters.